The summed E-state index contributed by atoms with van der Waals surface area (Å²) in [6.45, 7) is 2.10. The summed E-state index contributed by atoms with van der Waals surface area (Å²) in [6, 6.07) is 14.8. The van der Waals surface area contributed by atoms with Crippen molar-refractivity contribution in [3.05, 3.63) is 65.4 Å². The molecule has 0 unspecified atom stereocenters. The number of allylic oxidation sites excluding steroid dienone is 1. The largest absolute Gasteiger partial charge is 0.446 e. The van der Waals surface area contributed by atoms with E-state index in [0.717, 1.165) is 34.3 Å². The van der Waals surface area contributed by atoms with E-state index in [1.807, 2.05) is 0 Å². The lowest BCUT2D eigenvalue weighted by atomic mass is 10.0. The quantitative estimate of drug-likeness (QED) is 0.555. The van der Waals surface area contributed by atoms with Crippen molar-refractivity contribution in [3.8, 4) is 23.0 Å². The second kappa shape index (κ2) is 4.68. The highest BCUT2D eigenvalue weighted by Gasteiger charge is 2.15. The SMILES string of the molecule is Cc1ccc(-c2cccc3c4c(oc23)C#CCC=C4)cc1. The number of hydrogen-bond donors (Lipinski definition) is 0. The lowest BCUT2D eigenvalue weighted by molar-refractivity contribution is 0.601. The van der Waals surface area contributed by atoms with Gasteiger partial charge in [-0.3, -0.25) is 0 Å². The maximum absolute atomic E-state index is 6.06. The molecule has 2 aromatic carbocycles. The Kier molecular flexibility index (Phi) is 2.69. The first-order chi connectivity index (χ1) is 10.3. The van der Waals surface area contributed by atoms with E-state index in [1.54, 1.807) is 0 Å². The van der Waals surface area contributed by atoms with Gasteiger partial charge in [-0.2, -0.15) is 0 Å². The molecular weight excluding hydrogens is 256 g/mol. The molecule has 1 aliphatic rings. The molecule has 0 bridgehead atoms. The molecular formula is C20H14O. The lowest BCUT2D eigenvalue weighted by Crippen LogP contribution is -1.80. The van der Waals surface area contributed by atoms with Crippen LogP contribution in [0.25, 0.3) is 28.2 Å². The predicted octanol–water partition coefficient (Wildman–Crippen LogP) is 5.18. The molecule has 1 heteroatoms. The van der Waals surface area contributed by atoms with Crippen LogP contribution in [0.15, 0.2) is 53.0 Å². The Hall–Kier alpha value is -2.72. The van der Waals surface area contributed by atoms with Gasteiger partial charge in [-0.15, -0.1) is 0 Å². The van der Waals surface area contributed by atoms with E-state index in [9.17, 15) is 0 Å². The number of para-hydroxylation sites is 1. The van der Waals surface area contributed by atoms with Crippen LogP contribution in [0, 0.1) is 18.8 Å². The molecule has 3 aromatic rings. The number of fused-ring (bicyclic) bond motifs is 3. The number of rotatable bonds is 1. The molecule has 0 aliphatic heterocycles. The fraction of sp³-hybridized carbons (Fsp3) is 0.100. The van der Waals surface area contributed by atoms with Gasteiger partial charge in [-0.1, -0.05) is 66.1 Å². The molecule has 1 aromatic heterocycles. The lowest BCUT2D eigenvalue weighted by Gasteiger charge is -2.03. The molecule has 0 atom stereocenters. The number of furan rings is 1. The average molecular weight is 270 g/mol. The van der Waals surface area contributed by atoms with Gasteiger partial charge in [0.2, 0.25) is 0 Å². The van der Waals surface area contributed by atoms with E-state index in [-0.39, 0.29) is 0 Å². The fourth-order valence-electron chi connectivity index (χ4n) is 2.72. The van der Waals surface area contributed by atoms with Gasteiger partial charge in [0.25, 0.3) is 0 Å². The third-order valence-corrected chi connectivity index (χ3v) is 3.82. The second-order valence-electron chi connectivity index (χ2n) is 5.30. The standard InChI is InChI=1S/C20H14O/c1-14-10-12-15(13-11-14)16-7-5-8-18-17-6-3-2-4-9-19(17)21-20(16)18/h3,5-8,10-13H,2H2,1H3. The summed E-state index contributed by atoms with van der Waals surface area (Å²) >= 11 is 0. The van der Waals surface area contributed by atoms with E-state index in [4.69, 9.17) is 4.42 Å². The second-order valence-corrected chi connectivity index (χ2v) is 5.30. The van der Waals surface area contributed by atoms with Crippen molar-refractivity contribution >= 4 is 17.0 Å². The molecule has 21 heavy (non-hydrogen) atoms. The maximum atomic E-state index is 6.06. The molecule has 0 amide bonds. The van der Waals surface area contributed by atoms with Crippen LogP contribution in [0.5, 0.6) is 0 Å². The van der Waals surface area contributed by atoms with Gasteiger partial charge >= 0.3 is 0 Å². The molecule has 1 nitrogen and oxygen atoms in total. The summed E-state index contributed by atoms with van der Waals surface area (Å²) in [5, 5.41) is 1.13. The van der Waals surface area contributed by atoms with Crippen molar-refractivity contribution in [2.75, 3.05) is 0 Å². The van der Waals surface area contributed by atoms with Crippen LogP contribution in [0.3, 0.4) is 0 Å². The normalized spacial score (nSPS) is 12.6. The summed E-state index contributed by atoms with van der Waals surface area (Å²) in [5.41, 5.74) is 5.58. The molecule has 100 valence electrons. The zero-order valence-electron chi connectivity index (χ0n) is 11.8. The number of hydrogen-bond acceptors (Lipinski definition) is 1. The van der Waals surface area contributed by atoms with Crippen LogP contribution in [0.2, 0.25) is 0 Å². The Bertz CT molecular complexity index is 912. The summed E-state index contributed by atoms with van der Waals surface area (Å²) in [5.74, 6) is 7.00. The maximum Gasteiger partial charge on any atom is 0.185 e. The molecule has 0 radical (unpaired) electrons. The number of benzene rings is 2. The topological polar surface area (TPSA) is 13.1 Å². The average Bonchev–Trinajstić information content (AvgIpc) is 2.70. The summed E-state index contributed by atoms with van der Waals surface area (Å²) in [7, 11) is 0. The van der Waals surface area contributed by atoms with Crippen LogP contribution in [0.1, 0.15) is 23.3 Å². The van der Waals surface area contributed by atoms with Crippen LogP contribution in [-0.2, 0) is 0 Å². The van der Waals surface area contributed by atoms with Crippen LogP contribution >= 0.6 is 0 Å². The Labute approximate surface area is 123 Å². The highest BCUT2D eigenvalue weighted by molar-refractivity contribution is 5.98. The highest BCUT2D eigenvalue weighted by Crippen LogP contribution is 2.35. The van der Waals surface area contributed by atoms with Gasteiger partial charge in [0, 0.05) is 22.9 Å². The van der Waals surface area contributed by atoms with Crippen LogP contribution in [-0.4, -0.2) is 0 Å². The Morgan fingerprint density at radius 3 is 2.76 bits per heavy atom. The van der Waals surface area contributed by atoms with E-state index < -0.39 is 0 Å². The Morgan fingerprint density at radius 1 is 1.05 bits per heavy atom. The van der Waals surface area contributed by atoms with Crippen molar-refractivity contribution in [1.82, 2.24) is 0 Å². The first-order valence-corrected chi connectivity index (χ1v) is 7.11. The summed E-state index contributed by atoms with van der Waals surface area (Å²) < 4.78 is 6.06. The minimum absolute atomic E-state index is 0.776. The Balaban J connectivity index is 2.01. The van der Waals surface area contributed by atoms with Crippen LogP contribution < -0.4 is 0 Å². The molecule has 0 N–H and O–H groups in total. The van der Waals surface area contributed by atoms with Crippen molar-refractivity contribution in [2.45, 2.75) is 13.3 Å². The third kappa shape index (κ3) is 1.97. The number of aryl methyl sites for hydroxylation is 1. The van der Waals surface area contributed by atoms with Gasteiger partial charge in [0.1, 0.15) is 5.58 Å². The zero-order valence-corrected chi connectivity index (χ0v) is 11.8. The van der Waals surface area contributed by atoms with Crippen molar-refractivity contribution in [2.24, 2.45) is 0 Å². The van der Waals surface area contributed by atoms with Gasteiger partial charge in [0.05, 0.1) is 0 Å². The first-order valence-electron chi connectivity index (χ1n) is 7.11. The van der Waals surface area contributed by atoms with E-state index in [1.165, 1.54) is 11.1 Å². The molecule has 0 spiro atoms. The predicted molar refractivity (Wildman–Crippen MR) is 86.9 cm³/mol. The van der Waals surface area contributed by atoms with Gasteiger partial charge < -0.3 is 4.42 Å². The van der Waals surface area contributed by atoms with Gasteiger partial charge in [-0.05, 0) is 18.4 Å². The van der Waals surface area contributed by atoms with Crippen molar-refractivity contribution < 1.29 is 4.42 Å². The molecule has 1 heterocycles. The molecule has 0 saturated carbocycles. The monoisotopic (exact) mass is 270 g/mol. The minimum Gasteiger partial charge on any atom is -0.446 e. The van der Waals surface area contributed by atoms with Crippen molar-refractivity contribution in [3.63, 3.8) is 0 Å². The minimum atomic E-state index is 0.776. The van der Waals surface area contributed by atoms with Crippen LogP contribution in [0.4, 0.5) is 0 Å². The van der Waals surface area contributed by atoms with E-state index in [0.29, 0.717) is 0 Å². The third-order valence-electron chi connectivity index (χ3n) is 3.82. The highest BCUT2D eigenvalue weighted by atomic mass is 16.3. The fourth-order valence-corrected chi connectivity index (χ4v) is 2.72. The summed E-state index contributed by atoms with van der Waals surface area (Å²) in [4.78, 5) is 0. The molecule has 4 rings (SSSR count). The zero-order chi connectivity index (χ0) is 14.2. The molecule has 0 saturated heterocycles. The first kappa shape index (κ1) is 12.1. The van der Waals surface area contributed by atoms with E-state index in [2.05, 4.69) is 73.4 Å². The smallest absolute Gasteiger partial charge is 0.185 e. The van der Waals surface area contributed by atoms with E-state index >= 15 is 0 Å². The van der Waals surface area contributed by atoms with Gasteiger partial charge in [-0.25, -0.2) is 0 Å². The summed E-state index contributed by atoms with van der Waals surface area (Å²) in [6.07, 6.45) is 4.97. The van der Waals surface area contributed by atoms with Gasteiger partial charge in [0.15, 0.2) is 5.76 Å². The molecule has 0 fully saturated rings. The molecule has 1 aliphatic carbocycles. The van der Waals surface area contributed by atoms with Crippen molar-refractivity contribution in [1.29, 1.82) is 0 Å². The Morgan fingerprint density at radius 2 is 1.90 bits per heavy atom.